The van der Waals surface area contributed by atoms with E-state index in [4.69, 9.17) is 10.8 Å². The van der Waals surface area contributed by atoms with E-state index in [1.54, 1.807) is 0 Å². The molecule has 0 heterocycles. The SMILES string of the molecule is CCC(C(=N)C(=N)c1ccccc1)c1ccccc1.[Br][Ni][Br]. The number of hydrogen-bond donors (Lipinski definition) is 2. The molecule has 2 nitrogen and oxygen atoms in total. The Kier molecular flexibility index (Phi) is 9.53. The number of halogens is 2. The van der Waals surface area contributed by atoms with Crippen LogP contribution < -0.4 is 0 Å². The van der Waals surface area contributed by atoms with Crippen molar-refractivity contribution in [1.82, 2.24) is 0 Å². The average molecular weight is 469 g/mol. The third-order valence-corrected chi connectivity index (χ3v) is 3.29. The van der Waals surface area contributed by atoms with E-state index in [0.717, 1.165) is 17.5 Å². The molecule has 0 aliphatic rings. The summed E-state index contributed by atoms with van der Waals surface area (Å²) >= 11 is 6.00. The molecule has 0 aliphatic heterocycles. The molecule has 5 heteroatoms. The van der Waals surface area contributed by atoms with Crippen molar-refractivity contribution in [3.63, 3.8) is 0 Å². The Bertz CT molecular complexity index is 588. The maximum atomic E-state index is 8.30. The van der Waals surface area contributed by atoms with Crippen molar-refractivity contribution in [3.8, 4) is 0 Å². The van der Waals surface area contributed by atoms with E-state index in [2.05, 4.69) is 35.4 Å². The third-order valence-electron chi connectivity index (χ3n) is 3.29. The number of nitrogens with one attached hydrogen (secondary N) is 2. The second kappa shape index (κ2) is 10.9. The first-order chi connectivity index (χ1) is 10.7. The quantitative estimate of drug-likeness (QED) is 0.402. The van der Waals surface area contributed by atoms with Crippen molar-refractivity contribution in [1.29, 1.82) is 10.8 Å². The van der Waals surface area contributed by atoms with Crippen LogP contribution in [0.15, 0.2) is 60.7 Å². The minimum absolute atomic E-state index is 0.00564. The summed E-state index contributed by atoms with van der Waals surface area (Å²) in [6.45, 7) is 2.06. The van der Waals surface area contributed by atoms with E-state index in [9.17, 15) is 0 Å². The maximum absolute atomic E-state index is 8.30. The van der Waals surface area contributed by atoms with Crippen LogP contribution in [0.25, 0.3) is 0 Å². The molecule has 120 valence electrons. The summed E-state index contributed by atoms with van der Waals surface area (Å²) in [5.41, 5.74) is 2.62. The Hall–Kier alpha value is -0.766. The van der Waals surface area contributed by atoms with Crippen molar-refractivity contribution < 1.29 is 10.9 Å². The predicted octanol–water partition coefficient (Wildman–Crippen LogP) is 5.96. The monoisotopic (exact) mass is 466 g/mol. The second-order valence-corrected chi connectivity index (χ2v) is 9.56. The molecule has 0 bridgehead atoms. The van der Waals surface area contributed by atoms with Gasteiger partial charge in [-0.2, -0.15) is 0 Å². The summed E-state index contributed by atoms with van der Waals surface area (Å²) in [4.78, 5) is 0. The molecule has 2 N–H and O–H groups in total. The Labute approximate surface area is 152 Å². The van der Waals surface area contributed by atoms with E-state index in [1.807, 2.05) is 60.7 Å². The zero-order valence-corrected chi connectivity index (χ0v) is 16.3. The van der Waals surface area contributed by atoms with Gasteiger partial charge in [0.15, 0.2) is 0 Å². The molecule has 0 aromatic heterocycles. The van der Waals surface area contributed by atoms with Crippen LogP contribution in [0.4, 0.5) is 0 Å². The van der Waals surface area contributed by atoms with Gasteiger partial charge >= 0.3 is 39.3 Å². The zero-order valence-electron chi connectivity index (χ0n) is 12.1. The molecule has 22 heavy (non-hydrogen) atoms. The molecular formula is C17H18Br2N2Ni. The Morgan fingerprint density at radius 3 is 1.86 bits per heavy atom. The van der Waals surface area contributed by atoms with Crippen LogP contribution in [0.2, 0.25) is 0 Å². The molecule has 0 fully saturated rings. The van der Waals surface area contributed by atoms with Crippen molar-refractivity contribution in [2.24, 2.45) is 0 Å². The summed E-state index contributed by atoms with van der Waals surface area (Å²) < 4.78 is 0. The molecule has 0 saturated heterocycles. The van der Waals surface area contributed by atoms with E-state index < -0.39 is 0 Å². The first-order valence-corrected chi connectivity index (χ1v) is 11.6. The zero-order chi connectivity index (χ0) is 16.4. The standard InChI is InChI=1S/C17H18N2.2BrH.Ni/c1-2-15(13-9-5-3-6-10-13)17(19)16(18)14-11-7-4-8-12-14;;;/h3-12,15,18-19H,2H2,1H3;2*1H;/q;;;+2/p-2. The van der Waals surface area contributed by atoms with Gasteiger partial charge in [0.2, 0.25) is 0 Å². The van der Waals surface area contributed by atoms with Gasteiger partial charge in [0.05, 0.1) is 11.4 Å². The van der Waals surface area contributed by atoms with E-state index in [1.165, 1.54) is 10.9 Å². The van der Waals surface area contributed by atoms with Gasteiger partial charge in [-0.1, -0.05) is 67.6 Å². The van der Waals surface area contributed by atoms with Crippen molar-refractivity contribution in [2.45, 2.75) is 19.3 Å². The summed E-state index contributed by atoms with van der Waals surface area (Å²) in [5.74, 6) is -0.00564. The first-order valence-electron chi connectivity index (χ1n) is 6.75. The normalized spacial score (nSPS) is 11.2. The van der Waals surface area contributed by atoms with Gasteiger partial charge < -0.3 is 5.41 Å². The number of rotatable bonds is 5. The second-order valence-electron chi connectivity index (χ2n) is 4.57. The van der Waals surface area contributed by atoms with Crippen LogP contribution in [-0.2, 0) is 10.9 Å². The topological polar surface area (TPSA) is 47.7 Å². The molecule has 0 spiro atoms. The molecule has 0 saturated carbocycles. The van der Waals surface area contributed by atoms with Gasteiger partial charge in [0.1, 0.15) is 0 Å². The van der Waals surface area contributed by atoms with Crippen LogP contribution in [0.3, 0.4) is 0 Å². The van der Waals surface area contributed by atoms with Gasteiger partial charge in [-0.25, -0.2) is 0 Å². The van der Waals surface area contributed by atoms with Gasteiger partial charge in [0.25, 0.3) is 0 Å². The Balaban J connectivity index is 0.000000745. The molecule has 2 aromatic carbocycles. The number of hydrogen-bond acceptors (Lipinski definition) is 2. The molecule has 2 rings (SSSR count). The summed E-state index contributed by atoms with van der Waals surface area (Å²) in [6.07, 6.45) is 0.831. The first kappa shape index (κ1) is 19.3. The summed E-state index contributed by atoms with van der Waals surface area (Å²) in [5, 5.41) is 16.5. The molecule has 0 radical (unpaired) electrons. The average Bonchev–Trinajstić information content (AvgIpc) is 2.57. The fraction of sp³-hybridized carbons (Fsp3) is 0.176. The van der Waals surface area contributed by atoms with Crippen molar-refractivity contribution in [2.75, 3.05) is 0 Å². The number of benzene rings is 2. The van der Waals surface area contributed by atoms with Crippen LogP contribution in [0.5, 0.6) is 0 Å². The molecule has 1 unspecified atom stereocenters. The van der Waals surface area contributed by atoms with Gasteiger partial charge in [-0.05, 0) is 12.0 Å². The van der Waals surface area contributed by atoms with E-state index in [0.29, 0.717) is 11.4 Å². The van der Waals surface area contributed by atoms with Gasteiger partial charge in [-0.3, -0.25) is 5.41 Å². The molecule has 1 atom stereocenters. The molecule has 0 aliphatic carbocycles. The third kappa shape index (κ3) is 5.79. The van der Waals surface area contributed by atoms with Crippen molar-refractivity contribution >= 4 is 39.9 Å². The summed E-state index contributed by atoms with van der Waals surface area (Å²) in [6, 6.07) is 19.5. The fourth-order valence-electron chi connectivity index (χ4n) is 2.23. The molecular weight excluding hydrogens is 451 g/mol. The van der Waals surface area contributed by atoms with Crippen LogP contribution in [-0.4, -0.2) is 11.4 Å². The van der Waals surface area contributed by atoms with Crippen LogP contribution in [0.1, 0.15) is 30.4 Å². The van der Waals surface area contributed by atoms with E-state index >= 15 is 0 Å². The Morgan fingerprint density at radius 1 is 0.955 bits per heavy atom. The van der Waals surface area contributed by atoms with Crippen molar-refractivity contribution in [3.05, 3.63) is 71.8 Å². The fourth-order valence-corrected chi connectivity index (χ4v) is 2.23. The van der Waals surface area contributed by atoms with Crippen LogP contribution in [0, 0.1) is 10.8 Å². The van der Waals surface area contributed by atoms with Gasteiger partial charge in [0, 0.05) is 11.5 Å². The minimum atomic E-state index is -0.00564. The van der Waals surface area contributed by atoms with Gasteiger partial charge in [-0.15, -0.1) is 0 Å². The summed E-state index contributed by atoms with van der Waals surface area (Å²) in [7, 11) is 1.25. The predicted molar refractivity (Wildman–Crippen MR) is 98.3 cm³/mol. The van der Waals surface area contributed by atoms with E-state index in [-0.39, 0.29) is 5.92 Å². The Morgan fingerprint density at radius 2 is 1.41 bits per heavy atom. The molecule has 0 amide bonds. The van der Waals surface area contributed by atoms with Crippen LogP contribution >= 0.6 is 28.5 Å². The molecule has 2 aromatic rings.